The van der Waals surface area contributed by atoms with Gasteiger partial charge in [0.1, 0.15) is 6.54 Å². The Morgan fingerprint density at radius 1 is 1.26 bits per heavy atom. The molecule has 0 saturated heterocycles. The molecule has 0 bridgehead atoms. The van der Waals surface area contributed by atoms with Gasteiger partial charge in [0, 0.05) is 12.1 Å². The fourth-order valence-electron chi connectivity index (χ4n) is 1.56. The molecule has 0 aliphatic rings. The smallest absolute Gasteiger partial charge is 0.251 e. The zero-order valence-corrected chi connectivity index (χ0v) is 11.4. The summed E-state index contributed by atoms with van der Waals surface area (Å²) in [5.74, 6) is 0.337. The standard InChI is InChI=1S/C14H20N2O3/c1-11(2)12-3-5-13(6-4-12)14(17)15-7-9-19-10-8-16-18/h3-6,11H,7-10H2,1-2H3,(H,15,17). The predicted molar refractivity (Wildman–Crippen MR) is 74.3 cm³/mol. The largest absolute Gasteiger partial charge is 0.378 e. The molecule has 1 aromatic rings. The van der Waals surface area contributed by atoms with Crippen LogP contribution in [0.2, 0.25) is 0 Å². The lowest BCUT2D eigenvalue weighted by Gasteiger charge is -2.08. The second-order valence-corrected chi connectivity index (χ2v) is 4.50. The number of amides is 1. The molecule has 1 N–H and O–H groups in total. The van der Waals surface area contributed by atoms with Crippen molar-refractivity contribution >= 4 is 5.91 Å². The number of rotatable bonds is 8. The van der Waals surface area contributed by atoms with E-state index < -0.39 is 0 Å². The average Bonchev–Trinajstić information content (AvgIpc) is 2.42. The number of hydrogen-bond donors (Lipinski definition) is 1. The molecule has 0 aliphatic heterocycles. The topological polar surface area (TPSA) is 67.8 Å². The molecule has 1 amide bonds. The van der Waals surface area contributed by atoms with E-state index in [1.807, 2.05) is 24.3 Å². The molecule has 0 spiro atoms. The van der Waals surface area contributed by atoms with Crippen LogP contribution in [0.15, 0.2) is 29.4 Å². The summed E-state index contributed by atoms with van der Waals surface area (Å²) in [4.78, 5) is 21.6. The van der Waals surface area contributed by atoms with E-state index >= 15 is 0 Å². The first-order valence-electron chi connectivity index (χ1n) is 6.40. The summed E-state index contributed by atoms with van der Waals surface area (Å²) in [5, 5.41) is 5.43. The molecule has 19 heavy (non-hydrogen) atoms. The van der Waals surface area contributed by atoms with Gasteiger partial charge in [0.15, 0.2) is 0 Å². The van der Waals surface area contributed by atoms with Crippen LogP contribution < -0.4 is 5.32 Å². The Hall–Kier alpha value is -1.75. The van der Waals surface area contributed by atoms with Gasteiger partial charge in [-0.25, -0.2) is 0 Å². The monoisotopic (exact) mass is 264 g/mol. The van der Waals surface area contributed by atoms with Crippen molar-refractivity contribution in [2.75, 3.05) is 26.3 Å². The van der Waals surface area contributed by atoms with Crippen LogP contribution in [0.4, 0.5) is 0 Å². The lowest BCUT2D eigenvalue weighted by atomic mass is 10.0. The fourth-order valence-corrected chi connectivity index (χ4v) is 1.56. The second-order valence-electron chi connectivity index (χ2n) is 4.50. The van der Waals surface area contributed by atoms with Crippen molar-refractivity contribution in [2.45, 2.75) is 19.8 Å². The highest BCUT2D eigenvalue weighted by Crippen LogP contribution is 2.14. The number of nitroso groups, excluding NO2 is 1. The van der Waals surface area contributed by atoms with E-state index in [9.17, 15) is 9.70 Å². The Bertz CT molecular complexity index is 402. The van der Waals surface area contributed by atoms with Crippen LogP contribution in [0.25, 0.3) is 0 Å². The summed E-state index contributed by atoms with van der Waals surface area (Å²) in [5.41, 5.74) is 1.85. The van der Waals surface area contributed by atoms with Gasteiger partial charge in [0.25, 0.3) is 5.91 Å². The van der Waals surface area contributed by atoms with E-state index in [1.165, 1.54) is 5.56 Å². The van der Waals surface area contributed by atoms with Gasteiger partial charge in [0.05, 0.1) is 13.2 Å². The molecular formula is C14H20N2O3. The Kier molecular flexibility index (Phi) is 6.74. The third kappa shape index (κ3) is 5.61. The highest BCUT2D eigenvalue weighted by atomic mass is 16.5. The summed E-state index contributed by atoms with van der Waals surface area (Å²) < 4.78 is 5.10. The molecule has 5 heteroatoms. The first-order valence-corrected chi connectivity index (χ1v) is 6.40. The van der Waals surface area contributed by atoms with Crippen LogP contribution in [-0.4, -0.2) is 32.2 Å². The summed E-state index contributed by atoms with van der Waals surface area (Å²) in [6.45, 7) is 5.46. The van der Waals surface area contributed by atoms with Crippen molar-refractivity contribution in [2.24, 2.45) is 5.18 Å². The maximum atomic E-state index is 11.8. The molecular weight excluding hydrogens is 244 g/mol. The molecule has 5 nitrogen and oxygen atoms in total. The maximum absolute atomic E-state index is 11.8. The zero-order chi connectivity index (χ0) is 14.1. The number of hydrogen-bond acceptors (Lipinski definition) is 4. The highest BCUT2D eigenvalue weighted by molar-refractivity contribution is 5.94. The fraction of sp³-hybridized carbons (Fsp3) is 0.500. The zero-order valence-electron chi connectivity index (χ0n) is 11.4. The van der Waals surface area contributed by atoms with Crippen LogP contribution in [0.3, 0.4) is 0 Å². The third-order valence-electron chi connectivity index (χ3n) is 2.70. The Labute approximate surface area is 113 Å². The van der Waals surface area contributed by atoms with Gasteiger partial charge in [-0.15, -0.1) is 0 Å². The van der Waals surface area contributed by atoms with Gasteiger partial charge in [-0.3, -0.25) is 4.79 Å². The van der Waals surface area contributed by atoms with E-state index in [0.29, 0.717) is 31.2 Å². The molecule has 0 fully saturated rings. The van der Waals surface area contributed by atoms with E-state index in [2.05, 4.69) is 24.3 Å². The van der Waals surface area contributed by atoms with Gasteiger partial charge >= 0.3 is 0 Å². The van der Waals surface area contributed by atoms with Crippen LogP contribution in [0.5, 0.6) is 0 Å². The van der Waals surface area contributed by atoms with Crippen molar-refractivity contribution in [3.05, 3.63) is 40.3 Å². The van der Waals surface area contributed by atoms with Gasteiger partial charge in [-0.2, -0.15) is 4.91 Å². The molecule has 0 saturated carbocycles. The molecule has 0 aliphatic carbocycles. The molecule has 0 atom stereocenters. The van der Waals surface area contributed by atoms with Crippen LogP contribution >= 0.6 is 0 Å². The SMILES string of the molecule is CC(C)c1ccc(C(=O)NCCOCCN=O)cc1. The lowest BCUT2D eigenvalue weighted by Crippen LogP contribution is -2.27. The summed E-state index contributed by atoms with van der Waals surface area (Å²) in [6.07, 6.45) is 0. The Morgan fingerprint density at radius 2 is 1.95 bits per heavy atom. The lowest BCUT2D eigenvalue weighted by molar-refractivity contribution is 0.0920. The van der Waals surface area contributed by atoms with Crippen LogP contribution in [-0.2, 0) is 4.74 Å². The van der Waals surface area contributed by atoms with Crippen molar-refractivity contribution in [1.29, 1.82) is 0 Å². The average molecular weight is 264 g/mol. The van der Waals surface area contributed by atoms with Crippen molar-refractivity contribution in [1.82, 2.24) is 5.32 Å². The van der Waals surface area contributed by atoms with Gasteiger partial charge < -0.3 is 10.1 Å². The van der Waals surface area contributed by atoms with Crippen molar-refractivity contribution in [3.8, 4) is 0 Å². The molecule has 1 aromatic carbocycles. The van der Waals surface area contributed by atoms with Crippen molar-refractivity contribution < 1.29 is 9.53 Å². The number of ether oxygens (including phenoxy) is 1. The number of nitrogens with zero attached hydrogens (tertiary/aromatic N) is 1. The molecule has 0 aromatic heterocycles. The van der Waals surface area contributed by atoms with Crippen LogP contribution in [0, 0.1) is 4.91 Å². The number of benzene rings is 1. The minimum Gasteiger partial charge on any atom is -0.378 e. The van der Waals surface area contributed by atoms with Gasteiger partial charge in [0.2, 0.25) is 0 Å². The maximum Gasteiger partial charge on any atom is 0.251 e. The quantitative estimate of drug-likeness (QED) is 0.578. The van der Waals surface area contributed by atoms with E-state index in [4.69, 9.17) is 4.74 Å². The Morgan fingerprint density at radius 3 is 2.53 bits per heavy atom. The van der Waals surface area contributed by atoms with Crippen molar-refractivity contribution in [3.63, 3.8) is 0 Å². The number of carbonyl (C=O) groups is 1. The van der Waals surface area contributed by atoms with Gasteiger partial charge in [-0.05, 0) is 23.6 Å². The molecule has 0 radical (unpaired) electrons. The van der Waals surface area contributed by atoms with E-state index in [0.717, 1.165) is 0 Å². The number of nitrogens with one attached hydrogen (secondary N) is 1. The Balaban J connectivity index is 2.31. The summed E-state index contributed by atoms with van der Waals surface area (Å²) >= 11 is 0. The van der Waals surface area contributed by atoms with E-state index in [-0.39, 0.29) is 12.5 Å². The first kappa shape index (κ1) is 15.3. The van der Waals surface area contributed by atoms with E-state index in [1.54, 1.807) is 0 Å². The van der Waals surface area contributed by atoms with Crippen LogP contribution in [0.1, 0.15) is 35.7 Å². The molecule has 0 heterocycles. The predicted octanol–water partition coefficient (Wildman–Crippen LogP) is 2.32. The summed E-state index contributed by atoms with van der Waals surface area (Å²) in [6, 6.07) is 7.57. The molecule has 1 rings (SSSR count). The number of carbonyl (C=O) groups excluding carboxylic acids is 1. The molecule has 0 unspecified atom stereocenters. The second kappa shape index (κ2) is 8.37. The third-order valence-corrected chi connectivity index (χ3v) is 2.70. The highest BCUT2D eigenvalue weighted by Gasteiger charge is 2.05. The molecule has 104 valence electrons. The normalized spacial score (nSPS) is 10.5. The summed E-state index contributed by atoms with van der Waals surface area (Å²) in [7, 11) is 0. The minimum atomic E-state index is -0.118. The first-order chi connectivity index (χ1) is 9.15. The minimum absolute atomic E-state index is 0.118. The van der Waals surface area contributed by atoms with Gasteiger partial charge in [-0.1, -0.05) is 31.2 Å².